The molecule has 2 rings (SSSR count). The van der Waals surface area contributed by atoms with Crippen molar-refractivity contribution in [2.75, 3.05) is 13.1 Å². The first-order valence-electron chi connectivity index (χ1n) is 6.24. The third kappa shape index (κ3) is 3.77. The number of amidine groups is 1. The van der Waals surface area contributed by atoms with Gasteiger partial charge in [0.15, 0.2) is 5.17 Å². The molecule has 1 aromatic rings. The van der Waals surface area contributed by atoms with Gasteiger partial charge in [0.1, 0.15) is 0 Å². The largest absolute Gasteiger partial charge is 0.365 e. The number of thioether (sulfide) groups is 1. The summed E-state index contributed by atoms with van der Waals surface area (Å²) in [7, 11) is 0. The van der Waals surface area contributed by atoms with Crippen LogP contribution in [0.1, 0.15) is 19.4 Å². The molecule has 0 amide bonds. The first-order chi connectivity index (χ1) is 8.25. The van der Waals surface area contributed by atoms with E-state index < -0.39 is 0 Å². The van der Waals surface area contributed by atoms with E-state index in [-0.39, 0.29) is 0 Å². The lowest BCUT2D eigenvalue weighted by Crippen LogP contribution is -2.22. The van der Waals surface area contributed by atoms with Gasteiger partial charge >= 0.3 is 0 Å². The Hall–Kier alpha value is -0.960. The van der Waals surface area contributed by atoms with Crippen molar-refractivity contribution >= 4 is 16.9 Å². The highest BCUT2D eigenvalue weighted by Crippen LogP contribution is 2.25. The number of rotatable bonds is 4. The van der Waals surface area contributed by atoms with Gasteiger partial charge in [0, 0.05) is 11.8 Å². The minimum Gasteiger partial charge on any atom is -0.365 e. The summed E-state index contributed by atoms with van der Waals surface area (Å²) < 4.78 is 0. The van der Waals surface area contributed by atoms with Crippen molar-refractivity contribution < 1.29 is 0 Å². The van der Waals surface area contributed by atoms with Crippen LogP contribution in [-0.2, 0) is 6.42 Å². The number of hydrogen-bond acceptors (Lipinski definition) is 3. The van der Waals surface area contributed by atoms with Gasteiger partial charge in [-0.3, -0.25) is 4.99 Å². The molecule has 1 aliphatic rings. The minimum absolute atomic E-state index is 0.661. The average molecular weight is 248 g/mol. The van der Waals surface area contributed by atoms with E-state index in [1.165, 1.54) is 5.56 Å². The zero-order valence-electron chi connectivity index (χ0n) is 10.5. The van der Waals surface area contributed by atoms with Crippen LogP contribution in [0.25, 0.3) is 0 Å². The standard InChI is InChI=1S/C14H20N2S/c1-11(2)13-10-16-14(17-13)15-9-8-12-6-4-3-5-7-12/h3-7,11,13H,8-10H2,1-2H3,(H,15,16). The molecular weight excluding hydrogens is 228 g/mol. The summed E-state index contributed by atoms with van der Waals surface area (Å²) in [5, 5.41) is 5.21. The van der Waals surface area contributed by atoms with Crippen LogP contribution in [0.5, 0.6) is 0 Å². The third-order valence-corrected chi connectivity index (χ3v) is 4.45. The Morgan fingerprint density at radius 2 is 2.12 bits per heavy atom. The van der Waals surface area contributed by atoms with Crippen molar-refractivity contribution in [1.29, 1.82) is 0 Å². The van der Waals surface area contributed by atoms with Gasteiger partial charge < -0.3 is 5.32 Å². The quantitative estimate of drug-likeness (QED) is 0.886. The molecule has 1 N–H and O–H groups in total. The average Bonchev–Trinajstić information content (AvgIpc) is 2.79. The van der Waals surface area contributed by atoms with Crippen molar-refractivity contribution in [3.8, 4) is 0 Å². The highest BCUT2D eigenvalue weighted by atomic mass is 32.2. The molecule has 0 aliphatic carbocycles. The lowest BCUT2D eigenvalue weighted by atomic mass is 10.1. The molecule has 1 aromatic carbocycles. The van der Waals surface area contributed by atoms with Crippen LogP contribution in [0.15, 0.2) is 35.3 Å². The highest BCUT2D eigenvalue weighted by molar-refractivity contribution is 8.14. The Bertz CT molecular complexity index is 373. The van der Waals surface area contributed by atoms with Crippen molar-refractivity contribution in [3.63, 3.8) is 0 Å². The number of aliphatic imine (C=N–C) groups is 1. The molecule has 17 heavy (non-hydrogen) atoms. The van der Waals surface area contributed by atoms with E-state index in [0.717, 1.165) is 24.7 Å². The molecule has 2 nitrogen and oxygen atoms in total. The van der Waals surface area contributed by atoms with Crippen LogP contribution in [0, 0.1) is 5.92 Å². The molecule has 0 spiro atoms. The third-order valence-electron chi connectivity index (χ3n) is 2.95. The Morgan fingerprint density at radius 1 is 1.35 bits per heavy atom. The fraction of sp³-hybridized carbons (Fsp3) is 0.500. The molecule has 92 valence electrons. The van der Waals surface area contributed by atoms with E-state index in [0.29, 0.717) is 11.2 Å². The molecule has 0 aromatic heterocycles. The molecular formula is C14H20N2S. The summed E-state index contributed by atoms with van der Waals surface area (Å²) in [5.41, 5.74) is 1.38. The Balaban J connectivity index is 1.70. The molecule has 0 bridgehead atoms. The summed E-state index contributed by atoms with van der Waals surface area (Å²) in [4.78, 5) is 4.54. The summed E-state index contributed by atoms with van der Waals surface area (Å²) >= 11 is 1.89. The zero-order chi connectivity index (χ0) is 12.1. The summed E-state index contributed by atoms with van der Waals surface area (Å²) in [6.45, 7) is 6.47. The van der Waals surface area contributed by atoms with Crippen LogP contribution in [0.4, 0.5) is 0 Å². The van der Waals surface area contributed by atoms with Crippen molar-refractivity contribution in [2.24, 2.45) is 10.9 Å². The van der Waals surface area contributed by atoms with E-state index in [1.807, 2.05) is 11.8 Å². The molecule has 3 heteroatoms. The molecule has 1 unspecified atom stereocenters. The van der Waals surface area contributed by atoms with E-state index in [9.17, 15) is 0 Å². The lowest BCUT2D eigenvalue weighted by molar-refractivity contribution is 0.621. The van der Waals surface area contributed by atoms with E-state index >= 15 is 0 Å². The van der Waals surface area contributed by atoms with Gasteiger partial charge in [-0.1, -0.05) is 55.9 Å². The van der Waals surface area contributed by atoms with Gasteiger partial charge in [-0.15, -0.1) is 0 Å². The first-order valence-corrected chi connectivity index (χ1v) is 7.12. The summed E-state index contributed by atoms with van der Waals surface area (Å²) in [6.07, 6.45) is 1.06. The van der Waals surface area contributed by atoms with Crippen molar-refractivity contribution in [2.45, 2.75) is 25.5 Å². The van der Waals surface area contributed by atoms with Gasteiger partial charge in [0.05, 0.1) is 6.54 Å². The normalized spacial score (nSPS) is 19.5. The van der Waals surface area contributed by atoms with E-state index in [1.54, 1.807) is 0 Å². The van der Waals surface area contributed by atoms with Crippen LogP contribution in [-0.4, -0.2) is 23.5 Å². The topological polar surface area (TPSA) is 24.4 Å². The van der Waals surface area contributed by atoms with Crippen LogP contribution < -0.4 is 5.32 Å². The molecule has 1 heterocycles. The van der Waals surface area contributed by atoms with Gasteiger partial charge in [-0.2, -0.15) is 0 Å². The maximum absolute atomic E-state index is 4.54. The van der Waals surface area contributed by atoms with Crippen LogP contribution >= 0.6 is 11.8 Å². The van der Waals surface area contributed by atoms with Gasteiger partial charge in [-0.25, -0.2) is 0 Å². The fourth-order valence-corrected chi connectivity index (χ4v) is 2.84. The maximum Gasteiger partial charge on any atom is 0.156 e. The Kier molecular flexibility index (Phi) is 4.49. The minimum atomic E-state index is 0.661. The predicted octanol–water partition coefficient (Wildman–Crippen LogP) is 2.95. The molecule has 1 aliphatic heterocycles. The van der Waals surface area contributed by atoms with E-state index in [4.69, 9.17) is 0 Å². The van der Waals surface area contributed by atoms with Crippen molar-refractivity contribution in [3.05, 3.63) is 35.9 Å². The maximum atomic E-state index is 4.54. The fourth-order valence-electron chi connectivity index (χ4n) is 1.79. The van der Waals surface area contributed by atoms with Crippen LogP contribution in [0.3, 0.4) is 0 Å². The molecule has 1 atom stereocenters. The highest BCUT2D eigenvalue weighted by Gasteiger charge is 2.21. The monoisotopic (exact) mass is 248 g/mol. The molecule has 0 saturated heterocycles. The number of nitrogens with zero attached hydrogens (tertiary/aromatic N) is 1. The second-order valence-corrected chi connectivity index (χ2v) is 5.94. The van der Waals surface area contributed by atoms with Crippen molar-refractivity contribution in [1.82, 2.24) is 5.32 Å². The molecule has 0 saturated carbocycles. The Morgan fingerprint density at radius 3 is 2.76 bits per heavy atom. The zero-order valence-corrected chi connectivity index (χ0v) is 11.3. The van der Waals surface area contributed by atoms with E-state index in [2.05, 4.69) is 54.5 Å². The Labute approximate surface area is 108 Å². The molecule has 0 fully saturated rings. The molecule has 0 radical (unpaired) electrons. The van der Waals surface area contributed by atoms with Gasteiger partial charge in [0.25, 0.3) is 0 Å². The van der Waals surface area contributed by atoms with Gasteiger partial charge in [0.2, 0.25) is 0 Å². The number of benzene rings is 1. The second kappa shape index (κ2) is 6.10. The first kappa shape index (κ1) is 12.5. The summed E-state index contributed by atoms with van der Waals surface area (Å²) in [5.74, 6) is 0.706. The SMILES string of the molecule is CC(C)C1CN=C(NCCc2ccccc2)S1. The predicted molar refractivity (Wildman–Crippen MR) is 76.7 cm³/mol. The smallest absolute Gasteiger partial charge is 0.156 e. The van der Waals surface area contributed by atoms with Crippen LogP contribution in [0.2, 0.25) is 0 Å². The lowest BCUT2D eigenvalue weighted by Gasteiger charge is -2.12. The van der Waals surface area contributed by atoms with Gasteiger partial charge in [-0.05, 0) is 17.9 Å². The second-order valence-electron chi connectivity index (χ2n) is 4.71. The number of hydrogen-bond donors (Lipinski definition) is 1. The summed E-state index contributed by atoms with van der Waals surface area (Å²) in [6, 6.07) is 10.6. The number of nitrogens with one attached hydrogen (secondary N) is 1.